The van der Waals surface area contributed by atoms with E-state index in [2.05, 4.69) is 31.0 Å². The molecule has 0 atom stereocenters. The van der Waals surface area contributed by atoms with Crippen molar-refractivity contribution in [2.75, 3.05) is 0 Å². The van der Waals surface area contributed by atoms with E-state index in [0.717, 1.165) is 11.2 Å². The fourth-order valence-electron chi connectivity index (χ4n) is 2.01. The van der Waals surface area contributed by atoms with E-state index >= 15 is 0 Å². The van der Waals surface area contributed by atoms with Crippen molar-refractivity contribution in [2.24, 2.45) is 12.0 Å². The molecule has 3 nitrogen and oxygen atoms in total. The lowest BCUT2D eigenvalue weighted by atomic mass is 10.1. The van der Waals surface area contributed by atoms with Gasteiger partial charge in [-0.1, -0.05) is 24.3 Å². The van der Waals surface area contributed by atoms with Gasteiger partial charge in [0.2, 0.25) is 5.91 Å². The molecule has 0 spiro atoms. The van der Waals surface area contributed by atoms with E-state index in [1.165, 1.54) is 21.3 Å². The van der Waals surface area contributed by atoms with Gasteiger partial charge < -0.3 is 4.57 Å². The van der Waals surface area contributed by atoms with Crippen LogP contribution >= 0.6 is 11.3 Å². The van der Waals surface area contributed by atoms with Gasteiger partial charge in [0.25, 0.3) is 0 Å². The Morgan fingerprint density at radius 2 is 2.11 bits per heavy atom. The molecule has 0 aliphatic rings. The zero-order chi connectivity index (χ0) is 13.3. The summed E-state index contributed by atoms with van der Waals surface area (Å²) in [6, 6.07) is 4.22. The van der Waals surface area contributed by atoms with Crippen molar-refractivity contribution in [3.63, 3.8) is 0 Å². The highest BCUT2D eigenvalue weighted by Gasteiger charge is 2.08. The molecule has 18 heavy (non-hydrogen) atoms. The summed E-state index contributed by atoms with van der Waals surface area (Å²) in [6.45, 7) is 6.21. The minimum atomic E-state index is -0.0333. The fourth-order valence-corrected chi connectivity index (χ4v) is 3.11. The van der Waals surface area contributed by atoms with Crippen LogP contribution in [-0.4, -0.2) is 10.5 Å². The van der Waals surface area contributed by atoms with Crippen LogP contribution in [0.5, 0.6) is 0 Å². The SMILES string of the molecule is CCCC(=O)N=c1sc2ccc(C)c(C)c2n1C. The summed E-state index contributed by atoms with van der Waals surface area (Å²) >= 11 is 1.58. The lowest BCUT2D eigenvalue weighted by Gasteiger charge is -2.03. The number of amides is 1. The van der Waals surface area contributed by atoms with Crippen LogP contribution in [0.25, 0.3) is 10.2 Å². The molecular weight excluding hydrogens is 244 g/mol. The minimum Gasteiger partial charge on any atom is -0.319 e. The molecule has 0 fully saturated rings. The number of fused-ring (bicyclic) bond motifs is 1. The smallest absolute Gasteiger partial charge is 0.248 e. The summed E-state index contributed by atoms with van der Waals surface area (Å²) in [6.07, 6.45) is 1.36. The topological polar surface area (TPSA) is 34.4 Å². The third-order valence-electron chi connectivity index (χ3n) is 3.17. The van der Waals surface area contributed by atoms with Crippen molar-refractivity contribution < 1.29 is 4.79 Å². The molecule has 0 N–H and O–H groups in total. The second kappa shape index (κ2) is 5.06. The number of hydrogen-bond donors (Lipinski definition) is 0. The normalized spacial score (nSPS) is 12.3. The first-order valence-electron chi connectivity index (χ1n) is 6.18. The molecule has 0 radical (unpaired) electrons. The number of aryl methyl sites for hydroxylation is 3. The average molecular weight is 262 g/mol. The van der Waals surface area contributed by atoms with Gasteiger partial charge in [-0.15, -0.1) is 0 Å². The Labute approximate surface area is 111 Å². The molecular formula is C14H18N2OS. The van der Waals surface area contributed by atoms with E-state index in [4.69, 9.17) is 0 Å². The predicted octanol–water partition coefficient (Wildman–Crippen LogP) is 3.08. The standard InChI is InChI=1S/C14H18N2OS/c1-5-6-12(17)15-14-16(4)13-10(3)9(2)7-8-11(13)18-14/h7-8H,5-6H2,1-4H3. The molecule has 0 aliphatic carbocycles. The summed E-state index contributed by atoms with van der Waals surface area (Å²) in [7, 11) is 1.98. The Hall–Kier alpha value is -1.42. The molecule has 4 heteroatoms. The molecule has 2 rings (SSSR count). The summed E-state index contributed by atoms with van der Waals surface area (Å²) in [5.74, 6) is -0.0333. The molecule has 0 bridgehead atoms. The number of nitrogens with zero attached hydrogens (tertiary/aromatic N) is 2. The molecule has 1 aromatic carbocycles. The first-order chi connectivity index (χ1) is 8.54. The molecule has 0 unspecified atom stereocenters. The minimum absolute atomic E-state index is 0.0333. The second-order valence-electron chi connectivity index (χ2n) is 4.55. The van der Waals surface area contributed by atoms with Gasteiger partial charge in [0.05, 0.1) is 10.2 Å². The van der Waals surface area contributed by atoms with Gasteiger partial charge in [-0.2, -0.15) is 4.99 Å². The Bertz CT molecular complexity index is 664. The Morgan fingerprint density at radius 3 is 2.78 bits per heavy atom. The number of benzene rings is 1. The molecule has 0 saturated carbocycles. The van der Waals surface area contributed by atoms with Crippen LogP contribution in [0.1, 0.15) is 30.9 Å². The maximum absolute atomic E-state index is 11.6. The average Bonchev–Trinajstić information content (AvgIpc) is 2.62. The number of carbonyl (C=O) groups excluding carboxylic acids is 1. The van der Waals surface area contributed by atoms with Gasteiger partial charge in [0.15, 0.2) is 4.80 Å². The number of rotatable bonds is 2. The Kier molecular flexibility index (Phi) is 3.66. The number of aromatic nitrogens is 1. The van der Waals surface area contributed by atoms with E-state index in [1.54, 1.807) is 11.3 Å². The van der Waals surface area contributed by atoms with Crippen LogP contribution in [-0.2, 0) is 11.8 Å². The van der Waals surface area contributed by atoms with E-state index in [0.29, 0.717) is 6.42 Å². The van der Waals surface area contributed by atoms with Gasteiger partial charge in [-0.25, -0.2) is 0 Å². The van der Waals surface area contributed by atoms with Crippen molar-refractivity contribution in [3.05, 3.63) is 28.1 Å². The van der Waals surface area contributed by atoms with Crippen molar-refractivity contribution in [1.29, 1.82) is 0 Å². The lowest BCUT2D eigenvalue weighted by Crippen LogP contribution is -2.13. The van der Waals surface area contributed by atoms with Crippen LogP contribution in [0, 0.1) is 13.8 Å². The van der Waals surface area contributed by atoms with Crippen molar-refractivity contribution in [2.45, 2.75) is 33.6 Å². The maximum Gasteiger partial charge on any atom is 0.248 e. The Morgan fingerprint density at radius 1 is 1.39 bits per heavy atom. The Balaban J connectivity index is 2.65. The monoisotopic (exact) mass is 262 g/mol. The molecule has 2 aromatic rings. The zero-order valence-electron chi connectivity index (χ0n) is 11.3. The molecule has 0 aliphatic heterocycles. The number of carbonyl (C=O) groups is 1. The van der Waals surface area contributed by atoms with Crippen molar-refractivity contribution in [1.82, 2.24) is 4.57 Å². The van der Waals surface area contributed by atoms with Crippen LogP contribution in [0.4, 0.5) is 0 Å². The third kappa shape index (κ3) is 2.25. The number of thiazole rings is 1. The van der Waals surface area contributed by atoms with Crippen molar-refractivity contribution in [3.8, 4) is 0 Å². The highest BCUT2D eigenvalue weighted by Crippen LogP contribution is 2.22. The van der Waals surface area contributed by atoms with Crippen molar-refractivity contribution >= 4 is 27.5 Å². The quantitative estimate of drug-likeness (QED) is 0.819. The van der Waals surface area contributed by atoms with E-state index < -0.39 is 0 Å². The van der Waals surface area contributed by atoms with E-state index in [9.17, 15) is 4.79 Å². The summed E-state index contributed by atoms with van der Waals surface area (Å²) in [5, 5.41) is 0. The first kappa shape index (κ1) is 13.0. The molecule has 1 heterocycles. The van der Waals surface area contributed by atoms with Gasteiger partial charge in [0, 0.05) is 13.5 Å². The van der Waals surface area contributed by atoms with Gasteiger partial charge in [-0.05, 0) is 37.5 Å². The molecule has 1 amide bonds. The van der Waals surface area contributed by atoms with Gasteiger partial charge in [0.1, 0.15) is 0 Å². The van der Waals surface area contributed by atoms with Crippen LogP contribution < -0.4 is 4.80 Å². The second-order valence-corrected chi connectivity index (χ2v) is 5.56. The predicted molar refractivity (Wildman–Crippen MR) is 75.7 cm³/mol. The third-order valence-corrected chi connectivity index (χ3v) is 4.27. The number of hydrogen-bond acceptors (Lipinski definition) is 2. The summed E-state index contributed by atoms with van der Waals surface area (Å²) < 4.78 is 3.21. The molecule has 96 valence electrons. The fraction of sp³-hybridized carbons (Fsp3) is 0.429. The molecule has 1 aromatic heterocycles. The summed E-state index contributed by atoms with van der Waals surface area (Å²) in [4.78, 5) is 16.6. The molecule has 0 saturated heterocycles. The highest BCUT2D eigenvalue weighted by molar-refractivity contribution is 7.16. The van der Waals surface area contributed by atoms with E-state index in [1.807, 2.05) is 18.5 Å². The zero-order valence-corrected chi connectivity index (χ0v) is 12.1. The highest BCUT2D eigenvalue weighted by atomic mass is 32.1. The van der Waals surface area contributed by atoms with Gasteiger partial charge in [-0.3, -0.25) is 4.79 Å². The van der Waals surface area contributed by atoms with Gasteiger partial charge >= 0.3 is 0 Å². The lowest BCUT2D eigenvalue weighted by molar-refractivity contribution is -0.118. The van der Waals surface area contributed by atoms with Crippen LogP contribution in [0.3, 0.4) is 0 Å². The first-order valence-corrected chi connectivity index (χ1v) is 6.99. The summed E-state index contributed by atoms with van der Waals surface area (Å²) in [5.41, 5.74) is 3.71. The largest absolute Gasteiger partial charge is 0.319 e. The van der Waals surface area contributed by atoms with Crippen LogP contribution in [0.2, 0.25) is 0 Å². The van der Waals surface area contributed by atoms with E-state index in [-0.39, 0.29) is 5.91 Å². The maximum atomic E-state index is 11.6. The van der Waals surface area contributed by atoms with Crippen LogP contribution in [0.15, 0.2) is 17.1 Å².